The van der Waals surface area contributed by atoms with Crippen LogP contribution in [0.4, 0.5) is 4.79 Å². The number of amides is 2. The van der Waals surface area contributed by atoms with Crippen molar-refractivity contribution in [3.63, 3.8) is 0 Å². The lowest BCUT2D eigenvalue weighted by Crippen LogP contribution is -2.44. The van der Waals surface area contributed by atoms with E-state index in [-0.39, 0.29) is 18.5 Å². The van der Waals surface area contributed by atoms with Crippen molar-refractivity contribution in [3.05, 3.63) is 65.5 Å². The van der Waals surface area contributed by atoms with Gasteiger partial charge in [0.2, 0.25) is 0 Å². The van der Waals surface area contributed by atoms with Gasteiger partial charge in [-0.2, -0.15) is 0 Å². The van der Waals surface area contributed by atoms with E-state index in [0.29, 0.717) is 19.4 Å². The second-order valence-electron chi connectivity index (χ2n) is 6.27. The van der Waals surface area contributed by atoms with Gasteiger partial charge in [-0.15, -0.1) is 0 Å². The van der Waals surface area contributed by atoms with E-state index in [1.165, 1.54) is 0 Å². The van der Waals surface area contributed by atoms with Crippen LogP contribution in [0.2, 0.25) is 0 Å². The minimum Gasteiger partial charge on any atom is -0.481 e. The molecule has 1 aromatic carbocycles. The number of carboxylic acids is 1. The molecule has 0 aliphatic carbocycles. The molecular formula is C20H25N3O3. The van der Waals surface area contributed by atoms with E-state index < -0.39 is 5.97 Å². The molecular weight excluding hydrogens is 330 g/mol. The van der Waals surface area contributed by atoms with E-state index >= 15 is 0 Å². The van der Waals surface area contributed by atoms with Crippen LogP contribution in [0.25, 0.3) is 0 Å². The Labute approximate surface area is 153 Å². The van der Waals surface area contributed by atoms with Crippen molar-refractivity contribution in [1.29, 1.82) is 0 Å². The van der Waals surface area contributed by atoms with Crippen LogP contribution in [-0.4, -0.2) is 34.7 Å². The van der Waals surface area contributed by atoms with Crippen molar-refractivity contribution >= 4 is 12.0 Å². The molecule has 2 rings (SSSR count). The molecule has 0 aliphatic heterocycles. The van der Waals surface area contributed by atoms with Crippen LogP contribution in [-0.2, 0) is 17.6 Å². The third-order valence-electron chi connectivity index (χ3n) is 4.18. The average Bonchev–Trinajstić information content (AvgIpc) is 2.62. The molecule has 0 radical (unpaired) electrons. The van der Waals surface area contributed by atoms with Crippen molar-refractivity contribution in [2.45, 2.75) is 38.6 Å². The molecule has 6 heteroatoms. The standard InChI is InChI=1S/C20H25N3O3/c1-15-14-21-11-9-17(15)10-12-22-20(26)23-18(7-8-19(24)25)13-16-5-3-2-4-6-16/h2-6,9,11,14,18H,7-8,10,12-13H2,1H3,(H,24,25)(H2,22,23,26). The van der Waals surface area contributed by atoms with Crippen LogP contribution < -0.4 is 10.6 Å². The number of hydrogen-bond acceptors (Lipinski definition) is 3. The first kappa shape index (κ1) is 19.4. The Hall–Kier alpha value is -2.89. The summed E-state index contributed by atoms with van der Waals surface area (Å²) in [5.74, 6) is -0.863. The van der Waals surface area contributed by atoms with Crippen molar-refractivity contribution in [2.24, 2.45) is 0 Å². The quantitative estimate of drug-likeness (QED) is 0.645. The minimum absolute atomic E-state index is 0.0218. The number of nitrogens with one attached hydrogen (secondary N) is 2. The van der Waals surface area contributed by atoms with Crippen LogP contribution in [0.3, 0.4) is 0 Å². The molecule has 6 nitrogen and oxygen atoms in total. The highest BCUT2D eigenvalue weighted by Gasteiger charge is 2.14. The smallest absolute Gasteiger partial charge is 0.315 e. The topological polar surface area (TPSA) is 91.3 Å². The molecule has 1 heterocycles. The number of carbonyl (C=O) groups excluding carboxylic acids is 1. The maximum absolute atomic E-state index is 12.2. The number of carboxylic acid groups (broad SMARTS) is 1. The molecule has 0 bridgehead atoms. The number of benzene rings is 1. The molecule has 0 spiro atoms. The highest BCUT2D eigenvalue weighted by atomic mass is 16.4. The molecule has 1 aromatic heterocycles. The van der Waals surface area contributed by atoms with Crippen LogP contribution in [0.5, 0.6) is 0 Å². The maximum Gasteiger partial charge on any atom is 0.315 e. The van der Waals surface area contributed by atoms with Gasteiger partial charge in [0.05, 0.1) is 0 Å². The fourth-order valence-corrected chi connectivity index (χ4v) is 2.75. The summed E-state index contributed by atoms with van der Waals surface area (Å²) in [6, 6.07) is 11.2. The van der Waals surface area contributed by atoms with E-state index in [0.717, 1.165) is 23.1 Å². The molecule has 1 unspecified atom stereocenters. The van der Waals surface area contributed by atoms with Crippen molar-refractivity contribution in [1.82, 2.24) is 15.6 Å². The van der Waals surface area contributed by atoms with Gasteiger partial charge < -0.3 is 15.7 Å². The second-order valence-corrected chi connectivity index (χ2v) is 6.27. The van der Waals surface area contributed by atoms with Crippen LogP contribution >= 0.6 is 0 Å². The fourth-order valence-electron chi connectivity index (χ4n) is 2.75. The first-order chi connectivity index (χ1) is 12.5. The molecule has 138 valence electrons. The zero-order valence-electron chi connectivity index (χ0n) is 14.9. The predicted octanol–water partition coefficient (Wildman–Crippen LogP) is 2.71. The van der Waals surface area contributed by atoms with E-state index in [2.05, 4.69) is 15.6 Å². The molecule has 2 aromatic rings. The molecule has 0 saturated carbocycles. The number of urea groups is 1. The summed E-state index contributed by atoms with van der Waals surface area (Å²) < 4.78 is 0. The zero-order chi connectivity index (χ0) is 18.8. The van der Waals surface area contributed by atoms with Gasteiger partial charge in [-0.25, -0.2) is 4.79 Å². The Balaban J connectivity index is 1.84. The van der Waals surface area contributed by atoms with Crippen molar-refractivity contribution in [2.75, 3.05) is 6.54 Å². The summed E-state index contributed by atoms with van der Waals surface area (Å²) in [5, 5.41) is 14.7. The monoisotopic (exact) mass is 355 g/mol. The molecule has 26 heavy (non-hydrogen) atoms. The summed E-state index contributed by atoms with van der Waals surface area (Å²) in [6.45, 7) is 2.50. The predicted molar refractivity (Wildman–Crippen MR) is 100 cm³/mol. The fraction of sp³-hybridized carbons (Fsp3) is 0.350. The lowest BCUT2D eigenvalue weighted by molar-refractivity contribution is -0.137. The van der Waals surface area contributed by atoms with Gasteiger partial charge in [0.15, 0.2) is 0 Å². The maximum atomic E-state index is 12.2. The molecule has 0 fully saturated rings. The van der Waals surface area contributed by atoms with E-state index in [4.69, 9.17) is 5.11 Å². The summed E-state index contributed by atoms with van der Waals surface area (Å²) >= 11 is 0. The summed E-state index contributed by atoms with van der Waals surface area (Å²) in [7, 11) is 0. The van der Waals surface area contributed by atoms with Gasteiger partial charge in [0, 0.05) is 31.4 Å². The summed E-state index contributed by atoms with van der Waals surface area (Å²) in [5.41, 5.74) is 3.31. The van der Waals surface area contributed by atoms with E-state index in [1.807, 2.05) is 43.3 Å². The highest BCUT2D eigenvalue weighted by molar-refractivity contribution is 5.74. The second kappa shape index (κ2) is 10.2. The Morgan fingerprint density at radius 3 is 2.65 bits per heavy atom. The first-order valence-corrected chi connectivity index (χ1v) is 8.74. The van der Waals surface area contributed by atoms with E-state index in [9.17, 15) is 9.59 Å². The highest BCUT2D eigenvalue weighted by Crippen LogP contribution is 2.08. The number of aliphatic carboxylic acids is 1. The third-order valence-corrected chi connectivity index (χ3v) is 4.18. The van der Waals surface area contributed by atoms with Crippen LogP contribution in [0.1, 0.15) is 29.5 Å². The summed E-state index contributed by atoms with van der Waals surface area (Å²) in [4.78, 5) is 27.1. The molecule has 3 N–H and O–H groups in total. The average molecular weight is 355 g/mol. The molecule has 0 saturated heterocycles. The molecule has 2 amide bonds. The number of pyridine rings is 1. The Kier molecular flexibility index (Phi) is 7.61. The zero-order valence-corrected chi connectivity index (χ0v) is 14.9. The largest absolute Gasteiger partial charge is 0.481 e. The minimum atomic E-state index is -0.863. The summed E-state index contributed by atoms with van der Waals surface area (Å²) in [6.07, 6.45) is 5.28. The van der Waals surface area contributed by atoms with Crippen LogP contribution in [0, 0.1) is 6.92 Å². The van der Waals surface area contributed by atoms with Crippen LogP contribution in [0.15, 0.2) is 48.8 Å². The number of carbonyl (C=O) groups is 2. The molecule has 0 aliphatic rings. The number of nitrogens with zero attached hydrogens (tertiary/aromatic N) is 1. The van der Waals surface area contributed by atoms with Gasteiger partial charge in [0.1, 0.15) is 0 Å². The lowest BCUT2D eigenvalue weighted by atomic mass is 10.0. The Morgan fingerprint density at radius 1 is 1.19 bits per heavy atom. The van der Waals surface area contributed by atoms with Gasteiger partial charge in [-0.1, -0.05) is 30.3 Å². The van der Waals surface area contributed by atoms with Crippen molar-refractivity contribution in [3.8, 4) is 0 Å². The first-order valence-electron chi connectivity index (χ1n) is 8.74. The SMILES string of the molecule is Cc1cnccc1CCNC(=O)NC(CCC(=O)O)Cc1ccccc1. The van der Waals surface area contributed by atoms with Gasteiger partial charge >= 0.3 is 12.0 Å². The normalized spacial score (nSPS) is 11.6. The Bertz CT molecular complexity index is 719. The Morgan fingerprint density at radius 2 is 1.96 bits per heavy atom. The number of aryl methyl sites for hydroxylation is 1. The van der Waals surface area contributed by atoms with E-state index in [1.54, 1.807) is 12.4 Å². The van der Waals surface area contributed by atoms with Crippen molar-refractivity contribution < 1.29 is 14.7 Å². The van der Waals surface area contributed by atoms with Gasteiger partial charge in [-0.3, -0.25) is 9.78 Å². The number of rotatable bonds is 9. The molecule has 1 atom stereocenters. The number of hydrogen-bond donors (Lipinski definition) is 3. The third kappa shape index (κ3) is 6.93. The van der Waals surface area contributed by atoms with Gasteiger partial charge in [0.25, 0.3) is 0 Å². The number of aromatic nitrogens is 1. The van der Waals surface area contributed by atoms with Gasteiger partial charge in [-0.05, 0) is 48.9 Å². The lowest BCUT2D eigenvalue weighted by Gasteiger charge is -2.19.